The average Bonchev–Trinajstić information content (AvgIpc) is 2.71. The van der Waals surface area contributed by atoms with Gasteiger partial charge in [-0.3, -0.25) is 28.8 Å². The normalized spacial score (nSPS) is 14.1. The van der Waals surface area contributed by atoms with Crippen molar-refractivity contribution in [3.63, 3.8) is 0 Å². The molecule has 0 saturated carbocycles. The maximum atomic E-state index is 12.4. The molecule has 4 amide bonds. The molecule has 4 unspecified atom stereocenters. The second-order valence-corrected chi connectivity index (χ2v) is 6.85. The Morgan fingerprint density at radius 3 is 1.61 bits per heavy atom. The number of aliphatic hydroxyl groups is 1. The van der Waals surface area contributed by atoms with E-state index in [1.165, 1.54) is 0 Å². The van der Waals surface area contributed by atoms with Gasteiger partial charge in [0.1, 0.15) is 18.1 Å². The van der Waals surface area contributed by atoms with Crippen LogP contribution in [-0.4, -0.2) is 92.7 Å². The van der Waals surface area contributed by atoms with E-state index in [4.69, 9.17) is 26.8 Å². The maximum absolute atomic E-state index is 12.4. The summed E-state index contributed by atoms with van der Waals surface area (Å²) in [5.74, 6) is -8.46. The van der Waals surface area contributed by atoms with Crippen molar-refractivity contribution in [1.29, 1.82) is 0 Å². The molecule has 33 heavy (non-hydrogen) atoms. The van der Waals surface area contributed by atoms with Crippen molar-refractivity contribution in [2.75, 3.05) is 6.61 Å². The fourth-order valence-corrected chi connectivity index (χ4v) is 2.36. The van der Waals surface area contributed by atoms with Crippen molar-refractivity contribution in [2.45, 2.75) is 56.3 Å². The van der Waals surface area contributed by atoms with Gasteiger partial charge in [-0.25, -0.2) is 4.79 Å². The highest BCUT2D eigenvalue weighted by Crippen LogP contribution is 2.02. The van der Waals surface area contributed by atoms with Crippen molar-refractivity contribution >= 4 is 41.5 Å². The van der Waals surface area contributed by atoms with Gasteiger partial charge in [0.15, 0.2) is 0 Å². The van der Waals surface area contributed by atoms with Gasteiger partial charge in [-0.05, 0) is 12.8 Å². The number of hydrogen-bond acceptors (Lipinski definition) is 9. The number of hydrogen-bond donors (Lipinski definition) is 9. The number of primary amides is 1. The van der Waals surface area contributed by atoms with E-state index in [1.54, 1.807) is 0 Å². The summed E-state index contributed by atoms with van der Waals surface area (Å²) in [6.45, 7) is -0.968. The number of nitrogens with two attached hydrogens (primary N) is 2. The van der Waals surface area contributed by atoms with Crippen LogP contribution >= 0.6 is 0 Å². The summed E-state index contributed by atoms with van der Waals surface area (Å²) in [7, 11) is 0. The number of aliphatic hydroxyl groups excluding tert-OH is 1. The number of carboxylic acids is 3. The first-order chi connectivity index (χ1) is 15.3. The summed E-state index contributed by atoms with van der Waals surface area (Å²) in [5.41, 5.74) is 10.5. The summed E-state index contributed by atoms with van der Waals surface area (Å²) < 4.78 is 0. The molecule has 0 aromatic heterocycles. The largest absolute Gasteiger partial charge is 0.481 e. The lowest BCUT2D eigenvalue weighted by Crippen LogP contribution is -2.58. The van der Waals surface area contributed by atoms with Crippen LogP contribution in [0.25, 0.3) is 0 Å². The molecule has 0 aliphatic heterocycles. The van der Waals surface area contributed by atoms with Crippen LogP contribution in [0.5, 0.6) is 0 Å². The molecule has 0 rings (SSSR count). The standard InChI is InChI=1S/C17H27N5O11/c18-7(1-3-12(25)26)14(29)22-10(6-23)16(31)21-9(5-11(19)24)15(30)20-8(17(32)33)2-4-13(27)28/h7-10,23H,1-6,18H2,(H2,19,24)(H,20,30)(H,21,31)(H,22,29)(H,25,26)(H,27,28)(H,32,33). The zero-order valence-corrected chi connectivity index (χ0v) is 17.4. The Labute approximate surface area is 186 Å². The zero-order valence-electron chi connectivity index (χ0n) is 17.4. The van der Waals surface area contributed by atoms with Crippen LogP contribution in [0.1, 0.15) is 32.1 Å². The Kier molecular flexibility index (Phi) is 12.7. The van der Waals surface area contributed by atoms with E-state index in [2.05, 4.69) is 5.32 Å². The predicted molar refractivity (Wildman–Crippen MR) is 106 cm³/mol. The lowest BCUT2D eigenvalue weighted by molar-refractivity contribution is -0.143. The van der Waals surface area contributed by atoms with E-state index in [0.717, 1.165) is 0 Å². The molecule has 0 aromatic rings. The minimum Gasteiger partial charge on any atom is -0.481 e. The zero-order chi connectivity index (χ0) is 25.7. The quantitative estimate of drug-likeness (QED) is 0.101. The van der Waals surface area contributed by atoms with Gasteiger partial charge < -0.3 is 47.8 Å². The Morgan fingerprint density at radius 1 is 0.697 bits per heavy atom. The van der Waals surface area contributed by atoms with E-state index >= 15 is 0 Å². The molecule has 0 bridgehead atoms. The first kappa shape index (κ1) is 29.2. The molecule has 0 fully saturated rings. The van der Waals surface area contributed by atoms with Crippen molar-refractivity contribution in [1.82, 2.24) is 16.0 Å². The summed E-state index contributed by atoms with van der Waals surface area (Å²) in [6, 6.07) is -6.34. The highest BCUT2D eigenvalue weighted by molar-refractivity contribution is 5.96. The lowest BCUT2D eigenvalue weighted by atomic mass is 10.1. The average molecular weight is 477 g/mol. The number of nitrogens with one attached hydrogen (secondary N) is 3. The molecule has 0 aliphatic rings. The molecule has 4 atom stereocenters. The predicted octanol–water partition coefficient (Wildman–Crippen LogP) is -4.55. The first-order valence-electron chi connectivity index (χ1n) is 9.50. The second-order valence-electron chi connectivity index (χ2n) is 6.85. The van der Waals surface area contributed by atoms with Gasteiger partial charge in [0.25, 0.3) is 0 Å². The van der Waals surface area contributed by atoms with Gasteiger partial charge in [-0.2, -0.15) is 0 Å². The number of amides is 4. The Bertz CT molecular complexity index is 772. The highest BCUT2D eigenvalue weighted by Gasteiger charge is 2.31. The van der Waals surface area contributed by atoms with Gasteiger partial charge in [0, 0.05) is 12.8 Å². The van der Waals surface area contributed by atoms with Gasteiger partial charge in [0.2, 0.25) is 23.6 Å². The van der Waals surface area contributed by atoms with E-state index < -0.39 is 98.0 Å². The Balaban J connectivity index is 5.26. The summed E-state index contributed by atoms with van der Waals surface area (Å²) in [4.78, 5) is 80.5. The Morgan fingerprint density at radius 2 is 1.15 bits per heavy atom. The number of rotatable bonds is 16. The van der Waals surface area contributed by atoms with Crippen LogP contribution in [0, 0.1) is 0 Å². The van der Waals surface area contributed by atoms with Crippen molar-refractivity contribution < 1.29 is 54.0 Å². The molecular weight excluding hydrogens is 450 g/mol. The van der Waals surface area contributed by atoms with E-state index in [0.29, 0.717) is 0 Å². The van der Waals surface area contributed by atoms with Gasteiger partial charge in [-0.1, -0.05) is 0 Å². The number of carbonyl (C=O) groups excluding carboxylic acids is 4. The third-order valence-electron chi connectivity index (χ3n) is 4.12. The van der Waals surface area contributed by atoms with Gasteiger partial charge >= 0.3 is 17.9 Å². The van der Waals surface area contributed by atoms with Crippen LogP contribution in [0.3, 0.4) is 0 Å². The van der Waals surface area contributed by atoms with Gasteiger partial charge in [0.05, 0.1) is 19.1 Å². The minimum atomic E-state index is -1.71. The minimum absolute atomic E-state index is 0.263. The van der Waals surface area contributed by atoms with Crippen LogP contribution in [0.2, 0.25) is 0 Å². The fourth-order valence-electron chi connectivity index (χ4n) is 2.36. The molecule has 0 aromatic carbocycles. The fraction of sp³-hybridized carbons (Fsp3) is 0.588. The van der Waals surface area contributed by atoms with E-state index in [-0.39, 0.29) is 6.42 Å². The van der Waals surface area contributed by atoms with E-state index in [9.17, 15) is 38.7 Å². The third-order valence-corrected chi connectivity index (χ3v) is 4.12. The monoisotopic (exact) mass is 477 g/mol. The van der Waals surface area contributed by atoms with Crippen LogP contribution in [0.4, 0.5) is 0 Å². The van der Waals surface area contributed by atoms with Crippen LogP contribution in [0.15, 0.2) is 0 Å². The van der Waals surface area contributed by atoms with Crippen molar-refractivity contribution in [3.05, 3.63) is 0 Å². The van der Waals surface area contributed by atoms with Crippen LogP contribution < -0.4 is 27.4 Å². The SMILES string of the molecule is NC(=O)CC(NC(=O)C(CO)NC(=O)C(N)CCC(=O)O)C(=O)NC(CCC(=O)O)C(=O)O. The Hall–Kier alpha value is -3.79. The molecule has 16 heteroatoms. The molecule has 0 heterocycles. The highest BCUT2D eigenvalue weighted by atomic mass is 16.4. The molecule has 0 aliphatic carbocycles. The molecule has 11 N–H and O–H groups in total. The number of carboxylic acid groups (broad SMARTS) is 3. The second kappa shape index (κ2) is 14.3. The molecule has 16 nitrogen and oxygen atoms in total. The molecule has 0 radical (unpaired) electrons. The van der Waals surface area contributed by atoms with Crippen molar-refractivity contribution in [3.8, 4) is 0 Å². The maximum Gasteiger partial charge on any atom is 0.326 e. The van der Waals surface area contributed by atoms with Crippen molar-refractivity contribution in [2.24, 2.45) is 11.5 Å². The smallest absolute Gasteiger partial charge is 0.326 e. The summed E-state index contributed by atoms with van der Waals surface area (Å²) >= 11 is 0. The molecule has 0 saturated heterocycles. The van der Waals surface area contributed by atoms with E-state index in [1.807, 2.05) is 10.6 Å². The number of carbonyl (C=O) groups is 7. The number of aliphatic carboxylic acids is 3. The third kappa shape index (κ3) is 12.0. The van der Waals surface area contributed by atoms with Gasteiger partial charge in [-0.15, -0.1) is 0 Å². The topological polar surface area (TPSA) is 289 Å². The molecule has 186 valence electrons. The summed E-state index contributed by atoms with van der Waals surface area (Å²) in [5, 5.41) is 41.8. The summed E-state index contributed by atoms with van der Waals surface area (Å²) in [6.07, 6.45) is -2.56. The first-order valence-corrected chi connectivity index (χ1v) is 9.50. The molecule has 0 spiro atoms. The molecular formula is C17H27N5O11. The van der Waals surface area contributed by atoms with Crippen LogP contribution in [-0.2, 0) is 33.6 Å². The lowest BCUT2D eigenvalue weighted by Gasteiger charge is -2.23.